The fourth-order valence-corrected chi connectivity index (χ4v) is 2.45. The molecule has 0 unspecified atom stereocenters. The second kappa shape index (κ2) is 3.67. The van der Waals surface area contributed by atoms with Crippen LogP contribution >= 0.6 is 15.9 Å². The van der Waals surface area contributed by atoms with Gasteiger partial charge in [0.1, 0.15) is 0 Å². The largest absolute Gasteiger partial charge is 0.328 e. The van der Waals surface area contributed by atoms with Gasteiger partial charge in [-0.25, -0.2) is 0 Å². The van der Waals surface area contributed by atoms with Crippen LogP contribution in [0.4, 0.5) is 0 Å². The zero-order valence-electron chi connectivity index (χ0n) is 8.46. The van der Waals surface area contributed by atoms with E-state index in [9.17, 15) is 0 Å². The molecule has 2 heteroatoms. The van der Waals surface area contributed by atoms with Gasteiger partial charge in [-0.3, -0.25) is 0 Å². The van der Waals surface area contributed by atoms with E-state index in [1.807, 2.05) is 0 Å². The van der Waals surface area contributed by atoms with Crippen LogP contribution in [0.15, 0.2) is 28.7 Å². The Bertz CT molecular complexity index is 312. The lowest BCUT2D eigenvalue weighted by molar-refractivity contribution is 0.542. The molecule has 0 aliphatic heterocycles. The van der Waals surface area contributed by atoms with E-state index in [1.165, 1.54) is 18.4 Å². The summed E-state index contributed by atoms with van der Waals surface area (Å²) in [6, 6.07) is 8.99. The lowest BCUT2D eigenvalue weighted by Crippen LogP contribution is -2.22. The third kappa shape index (κ3) is 2.01. The molecule has 76 valence electrons. The Balaban J connectivity index is 2.18. The van der Waals surface area contributed by atoms with Gasteiger partial charge in [0.25, 0.3) is 0 Å². The van der Waals surface area contributed by atoms with E-state index in [2.05, 4.69) is 47.1 Å². The standard InChI is InChI=1S/C12H16BrN/c1-9(14)8-12(6-7-12)10-2-4-11(13)5-3-10/h2-5,9H,6-8,14H2,1H3/t9-/m0/s1. The van der Waals surface area contributed by atoms with Crippen molar-refractivity contribution in [2.45, 2.75) is 37.6 Å². The highest BCUT2D eigenvalue weighted by molar-refractivity contribution is 9.10. The molecule has 1 nitrogen and oxygen atoms in total. The minimum atomic E-state index is 0.307. The van der Waals surface area contributed by atoms with Crippen molar-refractivity contribution in [3.63, 3.8) is 0 Å². The molecular weight excluding hydrogens is 238 g/mol. The van der Waals surface area contributed by atoms with Crippen LogP contribution in [0, 0.1) is 0 Å². The van der Waals surface area contributed by atoms with Crippen LogP contribution in [-0.4, -0.2) is 6.04 Å². The zero-order valence-corrected chi connectivity index (χ0v) is 10.0. The highest BCUT2D eigenvalue weighted by Gasteiger charge is 2.44. The first kappa shape index (κ1) is 10.2. The van der Waals surface area contributed by atoms with Crippen molar-refractivity contribution in [1.82, 2.24) is 0 Å². The summed E-state index contributed by atoms with van der Waals surface area (Å²) in [7, 11) is 0. The normalized spacial score (nSPS) is 20.5. The first-order valence-corrected chi connectivity index (χ1v) is 5.93. The molecule has 0 bridgehead atoms. The molecule has 2 rings (SSSR count). The average molecular weight is 254 g/mol. The monoisotopic (exact) mass is 253 g/mol. The Morgan fingerprint density at radius 1 is 1.36 bits per heavy atom. The van der Waals surface area contributed by atoms with Gasteiger partial charge in [0, 0.05) is 10.5 Å². The molecule has 1 saturated carbocycles. The lowest BCUT2D eigenvalue weighted by atomic mass is 9.90. The van der Waals surface area contributed by atoms with Gasteiger partial charge in [0.15, 0.2) is 0 Å². The maximum atomic E-state index is 5.88. The predicted molar refractivity (Wildman–Crippen MR) is 63.3 cm³/mol. The Morgan fingerprint density at radius 2 is 1.93 bits per heavy atom. The molecule has 1 fully saturated rings. The molecule has 1 atom stereocenters. The maximum absolute atomic E-state index is 5.88. The maximum Gasteiger partial charge on any atom is 0.0175 e. The summed E-state index contributed by atoms with van der Waals surface area (Å²) >= 11 is 3.46. The SMILES string of the molecule is C[C@H](N)CC1(c2ccc(Br)cc2)CC1. The summed E-state index contributed by atoms with van der Waals surface area (Å²) in [5, 5.41) is 0. The number of hydrogen-bond acceptors (Lipinski definition) is 1. The summed E-state index contributed by atoms with van der Waals surface area (Å²) < 4.78 is 1.15. The molecule has 0 amide bonds. The van der Waals surface area contributed by atoms with Crippen LogP contribution in [0.3, 0.4) is 0 Å². The van der Waals surface area contributed by atoms with Gasteiger partial charge in [-0.05, 0) is 49.3 Å². The molecule has 0 radical (unpaired) electrons. The molecule has 14 heavy (non-hydrogen) atoms. The van der Waals surface area contributed by atoms with Gasteiger partial charge < -0.3 is 5.73 Å². The molecule has 0 aromatic heterocycles. The molecule has 0 saturated heterocycles. The predicted octanol–water partition coefficient (Wildman–Crippen LogP) is 3.22. The fraction of sp³-hybridized carbons (Fsp3) is 0.500. The van der Waals surface area contributed by atoms with Crippen LogP contribution in [0.5, 0.6) is 0 Å². The van der Waals surface area contributed by atoms with Crippen LogP contribution in [0.1, 0.15) is 31.7 Å². The molecule has 0 heterocycles. The van der Waals surface area contributed by atoms with E-state index in [4.69, 9.17) is 5.73 Å². The number of benzene rings is 1. The van der Waals surface area contributed by atoms with Crippen molar-refractivity contribution in [2.24, 2.45) is 5.73 Å². The number of rotatable bonds is 3. The van der Waals surface area contributed by atoms with Crippen LogP contribution < -0.4 is 5.73 Å². The van der Waals surface area contributed by atoms with E-state index in [0.717, 1.165) is 10.9 Å². The van der Waals surface area contributed by atoms with Crippen LogP contribution in [-0.2, 0) is 5.41 Å². The number of halogens is 1. The molecule has 1 aromatic rings. The quantitative estimate of drug-likeness (QED) is 0.880. The second-order valence-electron chi connectivity index (χ2n) is 4.47. The summed E-state index contributed by atoms with van der Waals surface area (Å²) in [4.78, 5) is 0. The number of hydrogen-bond donors (Lipinski definition) is 1. The van der Waals surface area contributed by atoms with E-state index >= 15 is 0 Å². The van der Waals surface area contributed by atoms with Gasteiger partial charge in [-0.2, -0.15) is 0 Å². The first-order chi connectivity index (χ1) is 6.62. The van der Waals surface area contributed by atoms with Crippen molar-refractivity contribution in [3.05, 3.63) is 34.3 Å². The fourth-order valence-electron chi connectivity index (χ4n) is 2.18. The summed E-state index contributed by atoms with van der Waals surface area (Å²) in [6.07, 6.45) is 3.72. The van der Waals surface area contributed by atoms with Gasteiger partial charge in [-0.15, -0.1) is 0 Å². The smallest absolute Gasteiger partial charge is 0.0175 e. The zero-order chi connectivity index (χ0) is 10.2. The van der Waals surface area contributed by atoms with Gasteiger partial charge in [0.05, 0.1) is 0 Å². The lowest BCUT2D eigenvalue weighted by Gasteiger charge is -2.17. The van der Waals surface area contributed by atoms with E-state index in [1.54, 1.807) is 0 Å². The van der Waals surface area contributed by atoms with Crippen molar-refractivity contribution >= 4 is 15.9 Å². The van der Waals surface area contributed by atoms with Crippen LogP contribution in [0.25, 0.3) is 0 Å². The van der Waals surface area contributed by atoms with Gasteiger partial charge >= 0.3 is 0 Å². The molecule has 1 aromatic carbocycles. The van der Waals surface area contributed by atoms with E-state index < -0.39 is 0 Å². The Labute approximate surface area is 93.8 Å². The van der Waals surface area contributed by atoms with Crippen molar-refractivity contribution in [2.75, 3.05) is 0 Å². The topological polar surface area (TPSA) is 26.0 Å². The molecule has 0 spiro atoms. The summed E-state index contributed by atoms with van der Waals surface area (Å²) in [5.74, 6) is 0. The Hall–Kier alpha value is -0.340. The van der Waals surface area contributed by atoms with E-state index in [0.29, 0.717) is 11.5 Å². The van der Waals surface area contributed by atoms with E-state index in [-0.39, 0.29) is 0 Å². The van der Waals surface area contributed by atoms with Gasteiger partial charge in [0.2, 0.25) is 0 Å². The first-order valence-electron chi connectivity index (χ1n) is 5.14. The Morgan fingerprint density at radius 3 is 2.36 bits per heavy atom. The highest BCUT2D eigenvalue weighted by Crippen LogP contribution is 2.51. The number of nitrogens with two attached hydrogens (primary N) is 1. The minimum Gasteiger partial charge on any atom is -0.328 e. The van der Waals surface area contributed by atoms with Crippen LogP contribution in [0.2, 0.25) is 0 Å². The Kier molecular flexibility index (Phi) is 2.67. The summed E-state index contributed by atoms with van der Waals surface area (Å²) in [5.41, 5.74) is 7.74. The summed E-state index contributed by atoms with van der Waals surface area (Å²) in [6.45, 7) is 2.10. The third-order valence-electron chi connectivity index (χ3n) is 3.02. The third-order valence-corrected chi connectivity index (χ3v) is 3.55. The molecule has 2 N–H and O–H groups in total. The molecule has 1 aliphatic carbocycles. The van der Waals surface area contributed by atoms with Gasteiger partial charge in [-0.1, -0.05) is 28.1 Å². The van der Waals surface area contributed by atoms with Crippen molar-refractivity contribution in [3.8, 4) is 0 Å². The molecular formula is C12H16BrN. The minimum absolute atomic E-state index is 0.307. The average Bonchev–Trinajstić information content (AvgIpc) is 2.85. The second-order valence-corrected chi connectivity index (χ2v) is 5.38. The van der Waals surface area contributed by atoms with Crippen molar-refractivity contribution in [1.29, 1.82) is 0 Å². The molecule has 1 aliphatic rings. The van der Waals surface area contributed by atoms with Crippen molar-refractivity contribution < 1.29 is 0 Å². The highest BCUT2D eigenvalue weighted by atomic mass is 79.9.